The van der Waals surface area contributed by atoms with E-state index in [1.165, 1.54) is 0 Å². The molecule has 0 saturated carbocycles. The summed E-state index contributed by atoms with van der Waals surface area (Å²) in [4.78, 5) is 4.01. The van der Waals surface area contributed by atoms with Gasteiger partial charge in [0.25, 0.3) is 0 Å². The Kier molecular flexibility index (Phi) is 3.67. The van der Waals surface area contributed by atoms with E-state index in [1.807, 2.05) is 45.2 Å². The Bertz CT molecular complexity index is 520. The van der Waals surface area contributed by atoms with Crippen molar-refractivity contribution in [2.24, 2.45) is 7.05 Å². The summed E-state index contributed by atoms with van der Waals surface area (Å²) in [5.41, 5.74) is 1.56. The molecule has 0 amide bonds. The molecule has 0 aliphatic heterocycles. The van der Waals surface area contributed by atoms with E-state index in [0.717, 1.165) is 17.0 Å². The van der Waals surface area contributed by atoms with E-state index in [2.05, 4.69) is 4.98 Å². The number of aliphatic hydroxyl groups excluding tert-OH is 1. The predicted molar refractivity (Wildman–Crippen MR) is 69.5 cm³/mol. The molecule has 0 aliphatic rings. The van der Waals surface area contributed by atoms with Crippen molar-refractivity contribution < 1.29 is 9.84 Å². The fraction of sp³-hybridized carbons (Fsp3) is 0.357. The highest BCUT2D eigenvalue weighted by molar-refractivity contribution is 5.33. The molecule has 4 nitrogen and oxygen atoms in total. The first-order chi connectivity index (χ1) is 8.58. The van der Waals surface area contributed by atoms with Crippen molar-refractivity contribution in [3.8, 4) is 5.75 Å². The van der Waals surface area contributed by atoms with E-state index in [4.69, 9.17) is 4.74 Å². The second kappa shape index (κ2) is 5.23. The molecular weight excluding hydrogens is 228 g/mol. The van der Waals surface area contributed by atoms with Crippen molar-refractivity contribution in [3.05, 3.63) is 48.0 Å². The Morgan fingerprint density at radius 3 is 2.72 bits per heavy atom. The van der Waals surface area contributed by atoms with E-state index >= 15 is 0 Å². The van der Waals surface area contributed by atoms with Gasteiger partial charge in [-0.2, -0.15) is 0 Å². The number of hydrogen-bond donors (Lipinski definition) is 1. The van der Waals surface area contributed by atoms with Gasteiger partial charge in [0.15, 0.2) is 0 Å². The third-order valence-corrected chi connectivity index (χ3v) is 2.68. The third kappa shape index (κ3) is 2.71. The van der Waals surface area contributed by atoms with Gasteiger partial charge in [-0.1, -0.05) is 12.1 Å². The molecule has 0 aliphatic carbocycles. The van der Waals surface area contributed by atoms with Crippen LogP contribution in [0.2, 0.25) is 0 Å². The maximum Gasteiger partial charge on any atom is 0.121 e. The summed E-state index contributed by atoms with van der Waals surface area (Å²) < 4.78 is 7.43. The normalized spacial score (nSPS) is 12.7. The van der Waals surface area contributed by atoms with E-state index in [0.29, 0.717) is 0 Å². The summed E-state index contributed by atoms with van der Waals surface area (Å²) in [5.74, 6) is 0.767. The van der Waals surface area contributed by atoms with Crippen LogP contribution in [0.3, 0.4) is 0 Å². The Morgan fingerprint density at radius 2 is 2.11 bits per heavy atom. The monoisotopic (exact) mass is 246 g/mol. The number of rotatable bonds is 4. The van der Waals surface area contributed by atoms with Gasteiger partial charge in [-0.3, -0.25) is 0 Å². The summed E-state index contributed by atoms with van der Waals surface area (Å²) in [7, 11) is 1.86. The number of benzene rings is 1. The molecule has 2 rings (SSSR count). The standard InChI is InChI=1S/C14H18N2O2/c1-10(2)18-12-6-4-5-11(7-12)14(17)13-8-15-9-16(13)3/h4-10,14,17H,1-3H3. The van der Waals surface area contributed by atoms with Gasteiger partial charge in [0.2, 0.25) is 0 Å². The average Bonchev–Trinajstić information content (AvgIpc) is 2.74. The third-order valence-electron chi connectivity index (χ3n) is 2.68. The van der Waals surface area contributed by atoms with E-state index in [9.17, 15) is 5.11 Å². The number of ether oxygens (including phenoxy) is 1. The molecule has 18 heavy (non-hydrogen) atoms. The van der Waals surface area contributed by atoms with Crippen LogP contribution in [-0.4, -0.2) is 20.8 Å². The van der Waals surface area contributed by atoms with Crippen LogP contribution in [0.1, 0.15) is 31.2 Å². The molecule has 1 N–H and O–H groups in total. The fourth-order valence-corrected chi connectivity index (χ4v) is 1.83. The van der Waals surface area contributed by atoms with Gasteiger partial charge in [-0.25, -0.2) is 4.98 Å². The highest BCUT2D eigenvalue weighted by Crippen LogP contribution is 2.24. The average molecular weight is 246 g/mol. The number of imidazole rings is 1. The summed E-state index contributed by atoms with van der Waals surface area (Å²) in [6, 6.07) is 7.51. The van der Waals surface area contributed by atoms with Crippen molar-refractivity contribution in [3.63, 3.8) is 0 Å². The van der Waals surface area contributed by atoms with Crippen LogP contribution in [0.4, 0.5) is 0 Å². The lowest BCUT2D eigenvalue weighted by Crippen LogP contribution is -2.08. The molecule has 1 atom stereocenters. The second-order valence-electron chi connectivity index (χ2n) is 4.57. The number of aryl methyl sites for hydroxylation is 1. The lowest BCUT2D eigenvalue weighted by atomic mass is 10.1. The van der Waals surface area contributed by atoms with Gasteiger partial charge >= 0.3 is 0 Å². The zero-order valence-corrected chi connectivity index (χ0v) is 10.9. The highest BCUT2D eigenvalue weighted by Gasteiger charge is 2.14. The molecule has 1 unspecified atom stereocenters. The van der Waals surface area contributed by atoms with Crippen molar-refractivity contribution in [2.45, 2.75) is 26.1 Å². The number of aliphatic hydroxyl groups is 1. The lowest BCUT2D eigenvalue weighted by Gasteiger charge is -2.14. The largest absolute Gasteiger partial charge is 0.491 e. The van der Waals surface area contributed by atoms with Gasteiger partial charge < -0.3 is 14.4 Å². The number of nitrogens with zero attached hydrogens (tertiary/aromatic N) is 2. The minimum absolute atomic E-state index is 0.120. The fourth-order valence-electron chi connectivity index (χ4n) is 1.83. The molecule has 0 fully saturated rings. The molecule has 0 saturated heterocycles. The van der Waals surface area contributed by atoms with E-state index < -0.39 is 6.10 Å². The summed E-state index contributed by atoms with van der Waals surface area (Å²) in [6.07, 6.45) is 2.77. The maximum absolute atomic E-state index is 10.3. The minimum atomic E-state index is -0.687. The van der Waals surface area contributed by atoms with Crippen molar-refractivity contribution in [1.82, 2.24) is 9.55 Å². The molecule has 0 radical (unpaired) electrons. The van der Waals surface area contributed by atoms with Gasteiger partial charge in [0.05, 0.1) is 24.3 Å². The zero-order chi connectivity index (χ0) is 13.1. The molecule has 96 valence electrons. The molecule has 2 aromatic rings. The summed E-state index contributed by atoms with van der Waals surface area (Å²) in [5, 5.41) is 10.3. The Labute approximate surface area is 107 Å². The predicted octanol–water partition coefficient (Wildman–Crippen LogP) is 2.29. The first kappa shape index (κ1) is 12.6. The first-order valence-corrected chi connectivity index (χ1v) is 5.99. The molecular formula is C14H18N2O2. The van der Waals surface area contributed by atoms with Crippen LogP contribution >= 0.6 is 0 Å². The number of hydrogen-bond acceptors (Lipinski definition) is 3. The summed E-state index contributed by atoms with van der Waals surface area (Å²) >= 11 is 0. The Balaban J connectivity index is 2.25. The van der Waals surface area contributed by atoms with Crippen LogP contribution in [0.15, 0.2) is 36.8 Å². The van der Waals surface area contributed by atoms with Crippen molar-refractivity contribution in [1.29, 1.82) is 0 Å². The second-order valence-corrected chi connectivity index (χ2v) is 4.57. The maximum atomic E-state index is 10.3. The molecule has 1 aromatic carbocycles. The molecule has 0 spiro atoms. The van der Waals surface area contributed by atoms with Gasteiger partial charge in [0.1, 0.15) is 11.9 Å². The van der Waals surface area contributed by atoms with Crippen LogP contribution in [-0.2, 0) is 7.05 Å². The lowest BCUT2D eigenvalue weighted by molar-refractivity contribution is 0.208. The Hall–Kier alpha value is -1.81. The quantitative estimate of drug-likeness (QED) is 0.900. The SMILES string of the molecule is CC(C)Oc1cccc(C(O)c2cncn2C)c1. The van der Waals surface area contributed by atoms with Gasteiger partial charge in [-0.15, -0.1) is 0 Å². The smallest absolute Gasteiger partial charge is 0.121 e. The van der Waals surface area contributed by atoms with Crippen LogP contribution in [0.5, 0.6) is 5.75 Å². The summed E-state index contributed by atoms with van der Waals surface area (Å²) in [6.45, 7) is 3.95. The Morgan fingerprint density at radius 1 is 1.33 bits per heavy atom. The topological polar surface area (TPSA) is 47.3 Å². The zero-order valence-electron chi connectivity index (χ0n) is 10.9. The molecule has 0 bridgehead atoms. The van der Waals surface area contributed by atoms with Gasteiger partial charge in [-0.05, 0) is 31.5 Å². The highest BCUT2D eigenvalue weighted by atomic mass is 16.5. The van der Waals surface area contributed by atoms with Crippen molar-refractivity contribution in [2.75, 3.05) is 0 Å². The van der Waals surface area contributed by atoms with Crippen LogP contribution < -0.4 is 4.74 Å². The van der Waals surface area contributed by atoms with Crippen LogP contribution in [0.25, 0.3) is 0 Å². The number of aromatic nitrogens is 2. The first-order valence-electron chi connectivity index (χ1n) is 5.99. The molecule has 1 heterocycles. The molecule has 1 aromatic heterocycles. The van der Waals surface area contributed by atoms with Crippen molar-refractivity contribution >= 4 is 0 Å². The minimum Gasteiger partial charge on any atom is -0.491 e. The van der Waals surface area contributed by atoms with E-state index in [-0.39, 0.29) is 6.10 Å². The van der Waals surface area contributed by atoms with Gasteiger partial charge in [0, 0.05) is 7.05 Å². The molecule has 4 heteroatoms. The van der Waals surface area contributed by atoms with E-state index in [1.54, 1.807) is 17.1 Å². The van der Waals surface area contributed by atoms with Crippen LogP contribution in [0, 0.1) is 0 Å².